The van der Waals surface area contributed by atoms with E-state index in [-0.39, 0.29) is 30.1 Å². The number of hydrogen-bond donors (Lipinski definition) is 4. The molecule has 1 aromatic carbocycles. The van der Waals surface area contributed by atoms with Gasteiger partial charge in [0, 0.05) is 13.5 Å². The molecule has 0 unspecified atom stereocenters. The first-order chi connectivity index (χ1) is 20.1. The molecule has 0 saturated carbocycles. The number of nitrogens with one attached hydrogen (secondary N) is 4. The molecule has 5 amide bonds. The Morgan fingerprint density at radius 2 is 1.07 bits per heavy atom. The van der Waals surface area contributed by atoms with Crippen molar-refractivity contribution in [1.29, 1.82) is 0 Å². The van der Waals surface area contributed by atoms with Crippen molar-refractivity contribution >= 4 is 29.5 Å². The zero-order valence-electron chi connectivity index (χ0n) is 27.4. The van der Waals surface area contributed by atoms with Crippen LogP contribution in [0.25, 0.3) is 0 Å². The van der Waals surface area contributed by atoms with Gasteiger partial charge in [-0.3, -0.25) is 24.0 Å². The van der Waals surface area contributed by atoms with Crippen LogP contribution in [0.3, 0.4) is 0 Å². The Morgan fingerprint density at radius 3 is 1.53 bits per heavy atom. The topological polar surface area (TPSA) is 137 Å². The number of likely N-dealkylation sites (N-methyl/N-ethyl adjacent to an activating group) is 1. The molecule has 1 fully saturated rings. The molecule has 0 spiro atoms. The van der Waals surface area contributed by atoms with Crippen LogP contribution in [0.5, 0.6) is 0 Å². The Bertz CT molecular complexity index is 1100. The Balaban J connectivity index is 2.66. The van der Waals surface area contributed by atoms with Crippen LogP contribution < -0.4 is 21.3 Å². The molecule has 10 nitrogen and oxygen atoms in total. The van der Waals surface area contributed by atoms with Crippen molar-refractivity contribution in [2.24, 2.45) is 23.7 Å². The quantitative estimate of drug-likeness (QED) is 0.346. The van der Waals surface area contributed by atoms with E-state index in [4.69, 9.17) is 0 Å². The third-order valence-corrected chi connectivity index (χ3v) is 7.64. The van der Waals surface area contributed by atoms with E-state index in [1.54, 1.807) is 7.05 Å². The highest BCUT2D eigenvalue weighted by atomic mass is 16.2. The van der Waals surface area contributed by atoms with Gasteiger partial charge in [-0.25, -0.2) is 0 Å². The maximum absolute atomic E-state index is 14.1. The molecule has 10 heteroatoms. The smallest absolute Gasteiger partial charge is 0.245 e. The van der Waals surface area contributed by atoms with Gasteiger partial charge in [0.15, 0.2) is 0 Å². The van der Waals surface area contributed by atoms with Crippen LogP contribution in [0.2, 0.25) is 0 Å². The number of amides is 5. The molecule has 0 aromatic heterocycles. The van der Waals surface area contributed by atoms with Crippen LogP contribution in [-0.2, 0) is 30.4 Å². The van der Waals surface area contributed by atoms with E-state index in [0.717, 1.165) is 5.56 Å². The summed E-state index contributed by atoms with van der Waals surface area (Å²) in [5.41, 5.74) is 0.841. The minimum absolute atomic E-state index is 0.0600. The van der Waals surface area contributed by atoms with Gasteiger partial charge in [-0.15, -0.1) is 0 Å². The van der Waals surface area contributed by atoms with E-state index < -0.39 is 59.7 Å². The maximum Gasteiger partial charge on any atom is 0.245 e. The average molecular weight is 600 g/mol. The maximum atomic E-state index is 14.1. The average Bonchev–Trinajstić information content (AvgIpc) is 2.91. The first kappa shape index (κ1) is 35.8. The van der Waals surface area contributed by atoms with Crippen molar-refractivity contribution in [2.75, 3.05) is 7.05 Å². The molecule has 1 aliphatic heterocycles. The van der Waals surface area contributed by atoms with E-state index in [1.807, 2.05) is 85.7 Å². The fourth-order valence-electron chi connectivity index (χ4n) is 5.33. The Hall–Kier alpha value is -3.43. The zero-order chi connectivity index (χ0) is 32.4. The summed E-state index contributed by atoms with van der Waals surface area (Å²) in [7, 11) is 1.56. The van der Waals surface area contributed by atoms with Gasteiger partial charge >= 0.3 is 0 Å². The van der Waals surface area contributed by atoms with Gasteiger partial charge in [0.2, 0.25) is 29.5 Å². The number of carbonyl (C=O) groups excluding carboxylic acids is 5. The Kier molecular flexibility index (Phi) is 13.7. The molecule has 43 heavy (non-hydrogen) atoms. The first-order valence-corrected chi connectivity index (χ1v) is 15.6. The van der Waals surface area contributed by atoms with E-state index in [0.29, 0.717) is 19.3 Å². The lowest BCUT2D eigenvalue weighted by Gasteiger charge is -2.33. The zero-order valence-corrected chi connectivity index (χ0v) is 27.4. The van der Waals surface area contributed by atoms with Crippen molar-refractivity contribution in [3.8, 4) is 0 Å². The van der Waals surface area contributed by atoms with Crippen molar-refractivity contribution in [3.05, 3.63) is 35.9 Å². The summed E-state index contributed by atoms with van der Waals surface area (Å²) in [6.07, 6.45) is 1.25. The molecule has 5 atom stereocenters. The predicted octanol–water partition coefficient (Wildman–Crippen LogP) is 2.80. The lowest BCUT2D eigenvalue weighted by Crippen LogP contribution is -2.59. The number of carbonyl (C=O) groups is 5. The summed E-state index contributed by atoms with van der Waals surface area (Å²) in [5, 5.41) is 11.5. The molecule has 0 bridgehead atoms. The summed E-state index contributed by atoms with van der Waals surface area (Å²) in [5.74, 6) is -2.43. The van der Waals surface area contributed by atoms with Gasteiger partial charge in [0.25, 0.3) is 0 Å². The second-order valence-electron chi connectivity index (χ2n) is 13.5. The number of benzene rings is 1. The minimum Gasteiger partial charge on any atom is -0.343 e. The third-order valence-electron chi connectivity index (χ3n) is 7.64. The minimum atomic E-state index is -0.980. The standard InChI is InChI=1S/C33H53N5O5/c1-19(2)15-24-30(40)36-26(18-23-13-11-10-12-14-23)33(43)38(9)27(17-21(5)6)31(41)37-28(22(7)8)32(42)35-25(16-20(3)4)29(39)34-24/h10-14,19-22,24-28H,15-18H2,1-9H3,(H,34,39)(H,35,42)(H,36,40)(H,37,41)/t24-,25+,26-,27-,28+/m0/s1. The third kappa shape index (κ3) is 11.0. The Labute approximate surface area is 257 Å². The molecule has 0 aliphatic carbocycles. The molecule has 0 radical (unpaired) electrons. The summed E-state index contributed by atoms with van der Waals surface area (Å²) < 4.78 is 0. The highest BCUT2D eigenvalue weighted by molar-refractivity contribution is 5.98. The molecule has 1 aliphatic rings. The lowest BCUT2D eigenvalue weighted by atomic mass is 9.97. The molecule has 1 saturated heterocycles. The number of nitrogens with zero attached hydrogens (tertiary/aromatic N) is 1. The number of rotatable bonds is 9. The molecule has 1 heterocycles. The molecule has 2 rings (SSSR count). The van der Waals surface area contributed by atoms with Gasteiger partial charge in [-0.1, -0.05) is 85.7 Å². The van der Waals surface area contributed by atoms with Crippen LogP contribution in [0.4, 0.5) is 0 Å². The van der Waals surface area contributed by atoms with Gasteiger partial charge < -0.3 is 26.2 Å². The van der Waals surface area contributed by atoms with Gasteiger partial charge in [0.1, 0.15) is 30.2 Å². The van der Waals surface area contributed by atoms with Crippen LogP contribution >= 0.6 is 0 Å². The van der Waals surface area contributed by atoms with Crippen molar-refractivity contribution in [3.63, 3.8) is 0 Å². The van der Waals surface area contributed by atoms with E-state index in [9.17, 15) is 24.0 Å². The Morgan fingerprint density at radius 1 is 0.605 bits per heavy atom. The van der Waals surface area contributed by atoms with Gasteiger partial charge in [0.05, 0.1) is 0 Å². The van der Waals surface area contributed by atoms with E-state index >= 15 is 0 Å². The monoisotopic (exact) mass is 599 g/mol. The highest BCUT2D eigenvalue weighted by Gasteiger charge is 2.38. The fraction of sp³-hybridized carbons (Fsp3) is 0.667. The van der Waals surface area contributed by atoms with Crippen molar-refractivity contribution in [1.82, 2.24) is 26.2 Å². The van der Waals surface area contributed by atoms with Gasteiger partial charge in [-0.2, -0.15) is 0 Å². The van der Waals surface area contributed by atoms with Crippen molar-refractivity contribution in [2.45, 2.75) is 111 Å². The second kappa shape index (κ2) is 16.4. The van der Waals surface area contributed by atoms with Crippen LogP contribution in [0, 0.1) is 23.7 Å². The molecular weight excluding hydrogens is 546 g/mol. The summed E-state index contributed by atoms with van der Waals surface area (Å²) in [6, 6.07) is 4.73. The normalized spacial score (nSPS) is 24.9. The second-order valence-corrected chi connectivity index (χ2v) is 13.5. The van der Waals surface area contributed by atoms with Gasteiger partial charge in [-0.05, 0) is 48.5 Å². The number of hydrogen-bond acceptors (Lipinski definition) is 5. The summed E-state index contributed by atoms with van der Waals surface area (Å²) >= 11 is 0. The lowest BCUT2D eigenvalue weighted by molar-refractivity contribution is -0.143. The molecule has 240 valence electrons. The largest absolute Gasteiger partial charge is 0.343 e. The predicted molar refractivity (Wildman–Crippen MR) is 168 cm³/mol. The highest BCUT2D eigenvalue weighted by Crippen LogP contribution is 2.17. The van der Waals surface area contributed by atoms with Crippen molar-refractivity contribution < 1.29 is 24.0 Å². The van der Waals surface area contributed by atoms with Crippen LogP contribution in [0.15, 0.2) is 30.3 Å². The van der Waals surface area contributed by atoms with Crippen LogP contribution in [-0.4, -0.2) is 71.7 Å². The molecular formula is C33H53N5O5. The first-order valence-electron chi connectivity index (χ1n) is 15.6. The van der Waals surface area contributed by atoms with E-state index in [1.165, 1.54) is 4.90 Å². The summed E-state index contributed by atoms with van der Waals surface area (Å²) in [4.78, 5) is 70.2. The van der Waals surface area contributed by atoms with E-state index in [2.05, 4.69) is 21.3 Å². The molecule has 4 N–H and O–H groups in total. The van der Waals surface area contributed by atoms with Crippen LogP contribution in [0.1, 0.15) is 80.2 Å². The SMILES string of the molecule is CC(C)C[C@@H]1NC(=O)[C@@H](CC(C)C)NC(=O)[C@@H](C(C)C)NC(=O)[C@H](CC(C)C)N(C)C(=O)[C@H](Cc2ccccc2)NC1=O. The molecule has 1 aromatic rings. The summed E-state index contributed by atoms with van der Waals surface area (Å²) in [6.45, 7) is 15.3. The fourth-order valence-corrected chi connectivity index (χ4v) is 5.33.